The predicted octanol–water partition coefficient (Wildman–Crippen LogP) is 5.14. The fraction of sp³-hybridized carbons (Fsp3) is 0.0526. The molecule has 0 aliphatic carbocycles. The lowest BCUT2D eigenvalue weighted by atomic mass is 10.1. The van der Waals surface area contributed by atoms with Crippen LogP contribution in [0.1, 0.15) is 10.4 Å². The fourth-order valence-electron chi connectivity index (χ4n) is 2.45. The lowest BCUT2D eigenvalue weighted by molar-refractivity contribution is -0.274. The summed E-state index contributed by atoms with van der Waals surface area (Å²) in [5.41, 5.74) is 7.85. The minimum atomic E-state index is -4.78. The van der Waals surface area contributed by atoms with Gasteiger partial charge >= 0.3 is 6.36 Å². The molecule has 144 valence electrons. The molecule has 0 bridgehead atoms. The normalized spacial score (nSPS) is 11.1. The van der Waals surface area contributed by atoms with Crippen molar-refractivity contribution in [1.82, 2.24) is 4.98 Å². The van der Waals surface area contributed by atoms with Gasteiger partial charge in [-0.15, -0.1) is 13.2 Å². The zero-order valence-corrected chi connectivity index (χ0v) is 14.9. The molecule has 2 aromatic carbocycles. The van der Waals surface area contributed by atoms with Gasteiger partial charge in [0.1, 0.15) is 5.75 Å². The minimum absolute atomic E-state index is 0.200. The quantitative estimate of drug-likeness (QED) is 0.587. The zero-order chi connectivity index (χ0) is 20.3. The number of nitrogens with zero attached hydrogens (tertiary/aromatic N) is 1. The average molecular weight is 408 g/mol. The standard InChI is InChI=1S/C19H13ClF3N3O2/c20-15-2-1-9-25-17(15)11-3-8-14(16(24)10-11)18(27)26-12-4-6-13(7-5-12)28-19(21,22)23/h1-10H,24H2,(H,26,27). The second-order valence-corrected chi connectivity index (χ2v) is 6.07. The third kappa shape index (κ3) is 4.72. The van der Waals surface area contributed by atoms with E-state index >= 15 is 0 Å². The first-order valence-corrected chi connectivity index (χ1v) is 8.28. The van der Waals surface area contributed by atoms with E-state index in [1.807, 2.05) is 0 Å². The Morgan fingerprint density at radius 3 is 2.43 bits per heavy atom. The molecule has 0 saturated heterocycles. The number of hydrogen-bond acceptors (Lipinski definition) is 4. The molecular weight excluding hydrogens is 395 g/mol. The van der Waals surface area contributed by atoms with Crippen LogP contribution in [0.25, 0.3) is 11.3 Å². The summed E-state index contributed by atoms with van der Waals surface area (Å²) >= 11 is 6.11. The van der Waals surface area contributed by atoms with Crippen molar-refractivity contribution in [2.24, 2.45) is 0 Å². The number of alkyl halides is 3. The lowest BCUT2D eigenvalue weighted by Gasteiger charge is -2.11. The van der Waals surface area contributed by atoms with E-state index in [0.29, 0.717) is 16.3 Å². The monoisotopic (exact) mass is 407 g/mol. The van der Waals surface area contributed by atoms with Gasteiger partial charge in [0.05, 0.1) is 16.3 Å². The highest BCUT2D eigenvalue weighted by Gasteiger charge is 2.31. The average Bonchev–Trinajstić information content (AvgIpc) is 2.62. The number of halogens is 4. The highest BCUT2D eigenvalue weighted by molar-refractivity contribution is 6.33. The van der Waals surface area contributed by atoms with Crippen LogP contribution in [0.2, 0.25) is 5.02 Å². The molecule has 0 saturated carbocycles. The zero-order valence-electron chi connectivity index (χ0n) is 14.1. The number of benzene rings is 2. The van der Waals surface area contributed by atoms with Gasteiger partial charge in [-0.25, -0.2) is 0 Å². The number of carbonyl (C=O) groups excluding carboxylic acids is 1. The molecule has 0 radical (unpaired) electrons. The van der Waals surface area contributed by atoms with Crippen LogP contribution in [-0.4, -0.2) is 17.3 Å². The molecule has 1 heterocycles. The summed E-state index contributed by atoms with van der Waals surface area (Å²) in [6.45, 7) is 0. The molecule has 0 fully saturated rings. The molecule has 0 aliphatic heterocycles. The summed E-state index contributed by atoms with van der Waals surface area (Å²) in [6.07, 6.45) is -3.19. The number of carbonyl (C=O) groups is 1. The number of nitrogens with one attached hydrogen (secondary N) is 1. The highest BCUT2D eigenvalue weighted by atomic mass is 35.5. The SMILES string of the molecule is Nc1cc(-c2ncccc2Cl)ccc1C(=O)Nc1ccc(OC(F)(F)F)cc1. The molecule has 28 heavy (non-hydrogen) atoms. The Hall–Kier alpha value is -3.26. The third-order valence-electron chi connectivity index (χ3n) is 3.67. The third-order valence-corrected chi connectivity index (χ3v) is 3.98. The molecule has 0 aliphatic rings. The van der Waals surface area contributed by atoms with E-state index in [0.717, 1.165) is 12.1 Å². The van der Waals surface area contributed by atoms with Gasteiger partial charge in [-0.2, -0.15) is 0 Å². The smallest absolute Gasteiger partial charge is 0.406 e. The van der Waals surface area contributed by atoms with Crippen LogP contribution in [0.4, 0.5) is 24.5 Å². The second kappa shape index (κ2) is 7.77. The lowest BCUT2D eigenvalue weighted by Crippen LogP contribution is -2.17. The van der Waals surface area contributed by atoms with Gasteiger partial charge in [0, 0.05) is 23.1 Å². The first-order chi connectivity index (χ1) is 13.2. The van der Waals surface area contributed by atoms with Crippen LogP contribution in [0.5, 0.6) is 5.75 Å². The molecule has 5 nitrogen and oxygen atoms in total. The molecule has 3 aromatic rings. The molecule has 3 rings (SSSR count). The Kier molecular flexibility index (Phi) is 5.41. The maximum atomic E-state index is 12.4. The molecule has 0 atom stereocenters. The Balaban J connectivity index is 1.75. The van der Waals surface area contributed by atoms with Crippen LogP contribution < -0.4 is 15.8 Å². The van der Waals surface area contributed by atoms with Crippen LogP contribution in [0.3, 0.4) is 0 Å². The van der Waals surface area contributed by atoms with Gasteiger partial charge in [-0.3, -0.25) is 9.78 Å². The molecule has 0 unspecified atom stereocenters. The fourth-order valence-corrected chi connectivity index (χ4v) is 2.68. The van der Waals surface area contributed by atoms with Gasteiger partial charge in [-0.05, 0) is 48.5 Å². The largest absolute Gasteiger partial charge is 0.573 e. The van der Waals surface area contributed by atoms with Crippen molar-refractivity contribution in [1.29, 1.82) is 0 Å². The number of ether oxygens (including phenoxy) is 1. The number of nitrogen functional groups attached to an aromatic ring is 1. The summed E-state index contributed by atoms with van der Waals surface area (Å²) < 4.78 is 40.3. The topological polar surface area (TPSA) is 77.2 Å². The van der Waals surface area contributed by atoms with Crippen molar-refractivity contribution in [2.75, 3.05) is 11.1 Å². The van der Waals surface area contributed by atoms with E-state index in [-0.39, 0.29) is 22.7 Å². The van der Waals surface area contributed by atoms with Gasteiger partial charge in [0.2, 0.25) is 0 Å². The van der Waals surface area contributed by atoms with E-state index in [4.69, 9.17) is 17.3 Å². The molecule has 9 heteroatoms. The first-order valence-electron chi connectivity index (χ1n) is 7.90. The summed E-state index contributed by atoms with van der Waals surface area (Å²) in [6, 6.07) is 12.9. The number of rotatable bonds is 4. The summed E-state index contributed by atoms with van der Waals surface area (Å²) in [4.78, 5) is 16.6. The van der Waals surface area contributed by atoms with Crippen molar-refractivity contribution >= 4 is 28.9 Å². The van der Waals surface area contributed by atoms with Gasteiger partial charge in [0.15, 0.2) is 0 Å². The van der Waals surface area contributed by atoms with Crippen LogP contribution >= 0.6 is 11.6 Å². The Morgan fingerprint density at radius 2 is 1.82 bits per heavy atom. The van der Waals surface area contributed by atoms with E-state index in [1.54, 1.807) is 30.5 Å². The molecule has 1 aromatic heterocycles. The van der Waals surface area contributed by atoms with Crippen molar-refractivity contribution in [3.05, 3.63) is 71.4 Å². The Labute approximate surface area is 162 Å². The van der Waals surface area contributed by atoms with Crippen molar-refractivity contribution in [2.45, 2.75) is 6.36 Å². The first kappa shape index (κ1) is 19.5. The van der Waals surface area contributed by atoms with E-state index < -0.39 is 12.3 Å². The van der Waals surface area contributed by atoms with Crippen molar-refractivity contribution in [3.8, 4) is 17.0 Å². The van der Waals surface area contributed by atoms with Crippen LogP contribution in [-0.2, 0) is 0 Å². The van der Waals surface area contributed by atoms with Gasteiger partial charge < -0.3 is 15.8 Å². The molecule has 3 N–H and O–H groups in total. The number of aromatic nitrogens is 1. The Morgan fingerprint density at radius 1 is 1.11 bits per heavy atom. The number of hydrogen-bond donors (Lipinski definition) is 2. The Bertz CT molecular complexity index is 1010. The molecular formula is C19H13ClF3N3O2. The number of anilines is 2. The van der Waals surface area contributed by atoms with E-state index in [9.17, 15) is 18.0 Å². The van der Waals surface area contributed by atoms with Crippen molar-refractivity contribution in [3.63, 3.8) is 0 Å². The maximum Gasteiger partial charge on any atom is 0.573 e. The maximum absolute atomic E-state index is 12.4. The van der Waals surface area contributed by atoms with Crippen LogP contribution in [0.15, 0.2) is 60.8 Å². The molecule has 1 amide bonds. The molecule has 0 spiro atoms. The van der Waals surface area contributed by atoms with E-state index in [2.05, 4.69) is 15.0 Å². The minimum Gasteiger partial charge on any atom is -0.406 e. The summed E-state index contributed by atoms with van der Waals surface area (Å²) in [7, 11) is 0. The van der Waals surface area contributed by atoms with Gasteiger partial charge in [0.25, 0.3) is 5.91 Å². The highest BCUT2D eigenvalue weighted by Crippen LogP contribution is 2.29. The van der Waals surface area contributed by atoms with E-state index in [1.165, 1.54) is 18.2 Å². The number of nitrogens with two attached hydrogens (primary N) is 1. The number of pyridine rings is 1. The summed E-state index contributed by atoms with van der Waals surface area (Å²) in [5.74, 6) is -0.901. The predicted molar refractivity (Wildman–Crippen MR) is 100 cm³/mol. The van der Waals surface area contributed by atoms with Crippen LogP contribution in [0, 0.1) is 0 Å². The number of amides is 1. The summed E-state index contributed by atoms with van der Waals surface area (Å²) in [5, 5.41) is 3.01. The second-order valence-electron chi connectivity index (χ2n) is 5.66. The van der Waals surface area contributed by atoms with Gasteiger partial charge in [-0.1, -0.05) is 17.7 Å². The van der Waals surface area contributed by atoms with Crippen molar-refractivity contribution < 1.29 is 22.7 Å².